The van der Waals surface area contributed by atoms with Crippen molar-refractivity contribution in [2.75, 3.05) is 18.1 Å². The second-order valence-corrected chi connectivity index (χ2v) is 8.17. The van der Waals surface area contributed by atoms with Gasteiger partial charge < -0.3 is 4.74 Å². The minimum atomic E-state index is -2.88. The fourth-order valence-electron chi connectivity index (χ4n) is 1.82. The Bertz CT molecular complexity index is 501. The third-order valence-electron chi connectivity index (χ3n) is 3.83. The molecule has 0 aliphatic heterocycles. The van der Waals surface area contributed by atoms with E-state index in [1.54, 1.807) is 6.92 Å². The predicted octanol–water partition coefficient (Wildman–Crippen LogP) is 3.58. The number of rotatable bonds is 8. The third kappa shape index (κ3) is 5.16. The highest BCUT2D eigenvalue weighted by Crippen LogP contribution is 2.28. The SMILES string of the molecule is CCC(C)(C)c1ccc(OCCCS(=O)(=O)CC)cc1. The van der Waals surface area contributed by atoms with E-state index in [2.05, 4.69) is 32.9 Å². The van der Waals surface area contributed by atoms with E-state index in [-0.39, 0.29) is 16.9 Å². The molecular weight excluding hydrogens is 272 g/mol. The minimum Gasteiger partial charge on any atom is -0.494 e. The van der Waals surface area contributed by atoms with Crippen molar-refractivity contribution >= 4 is 9.84 Å². The monoisotopic (exact) mass is 298 g/mol. The number of hydrogen-bond donors (Lipinski definition) is 0. The number of sulfone groups is 1. The summed E-state index contributed by atoms with van der Waals surface area (Å²) < 4.78 is 28.3. The van der Waals surface area contributed by atoms with E-state index >= 15 is 0 Å². The van der Waals surface area contributed by atoms with Gasteiger partial charge in [0, 0.05) is 5.75 Å². The number of benzene rings is 1. The molecule has 0 spiro atoms. The molecule has 4 heteroatoms. The summed E-state index contributed by atoms with van der Waals surface area (Å²) >= 11 is 0. The van der Waals surface area contributed by atoms with Gasteiger partial charge in [0.25, 0.3) is 0 Å². The largest absolute Gasteiger partial charge is 0.494 e. The summed E-state index contributed by atoms with van der Waals surface area (Å²) in [6.07, 6.45) is 1.63. The Labute approximate surface area is 123 Å². The van der Waals surface area contributed by atoms with Crippen LogP contribution >= 0.6 is 0 Å². The van der Waals surface area contributed by atoms with Crippen LogP contribution in [0.3, 0.4) is 0 Å². The summed E-state index contributed by atoms with van der Waals surface area (Å²) in [6.45, 7) is 8.73. The quantitative estimate of drug-likeness (QED) is 0.689. The minimum absolute atomic E-state index is 0.174. The second-order valence-electron chi connectivity index (χ2n) is 5.70. The van der Waals surface area contributed by atoms with Crippen molar-refractivity contribution in [2.45, 2.75) is 46.0 Å². The van der Waals surface area contributed by atoms with Crippen LogP contribution in [-0.2, 0) is 15.3 Å². The Kier molecular flexibility index (Phi) is 6.06. The summed E-state index contributed by atoms with van der Waals surface area (Å²) in [5, 5.41) is 0. The lowest BCUT2D eigenvalue weighted by Crippen LogP contribution is -2.15. The molecule has 20 heavy (non-hydrogen) atoms. The van der Waals surface area contributed by atoms with Crippen molar-refractivity contribution in [1.82, 2.24) is 0 Å². The Morgan fingerprint density at radius 1 is 1.10 bits per heavy atom. The summed E-state index contributed by atoms with van der Waals surface area (Å²) in [7, 11) is -2.88. The molecule has 0 bridgehead atoms. The van der Waals surface area contributed by atoms with Gasteiger partial charge in [-0.15, -0.1) is 0 Å². The van der Waals surface area contributed by atoms with Crippen LogP contribution in [0.25, 0.3) is 0 Å². The van der Waals surface area contributed by atoms with Crippen molar-refractivity contribution in [3.63, 3.8) is 0 Å². The molecule has 114 valence electrons. The van der Waals surface area contributed by atoms with Gasteiger partial charge in [0.15, 0.2) is 0 Å². The fraction of sp³-hybridized carbons (Fsp3) is 0.625. The fourth-order valence-corrected chi connectivity index (χ4v) is 2.67. The van der Waals surface area contributed by atoms with E-state index in [1.807, 2.05) is 12.1 Å². The van der Waals surface area contributed by atoms with Crippen LogP contribution in [-0.4, -0.2) is 26.5 Å². The van der Waals surface area contributed by atoms with E-state index in [1.165, 1.54) is 5.56 Å². The van der Waals surface area contributed by atoms with Gasteiger partial charge in [-0.2, -0.15) is 0 Å². The van der Waals surface area contributed by atoms with Crippen molar-refractivity contribution < 1.29 is 13.2 Å². The van der Waals surface area contributed by atoms with Crippen LogP contribution in [0.15, 0.2) is 24.3 Å². The molecule has 0 amide bonds. The molecule has 3 nitrogen and oxygen atoms in total. The number of ether oxygens (including phenoxy) is 1. The van der Waals surface area contributed by atoms with Crippen LogP contribution in [0.1, 0.15) is 46.1 Å². The van der Waals surface area contributed by atoms with Gasteiger partial charge in [0.2, 0.25) is 0 Å². The molecule has 1 rings (SSSR count). The van der Waals surface area contributed by atoms with Gasteiger partial charge in [-0.3, -0.25) is 0 Å². The zero-order valence-electron chi connectivity index (χ0n) is 13.0. The molecular formula is C16H26O3S. The van der Waals surface area contributed by atoms with E-state index in [0.29, 0.717) is 13.0 Å². The zero-order chi connectivity index (χ0) is 15.2. The molecule has 0 aliphatic carbocycles. The van der Waals surface area contributed by atoms with Gasteiger partial charge in [-0.1, -0.05) is 39.8 Å². The topological polar surface area (TPSA) is 43.4 Å². The first-order valence-electron chi connectivity index (χ1n) is 7.24. The van der Waals surface area contributed by atoms with Crippen LogP contribution in [0.4, 0.5) is 0 Å². The summed E-state index contributed by atoms with van der Waals surface area (Å²) in [4.78, 5) is 0. The van der Waals surface area contributed by atoms with Crippen LogP contribution in [0.2, 0.25) is 0 Å². The molecule has 0 unspecified atom stereocenters. The Balaban J connectivity index is 2.47. The molecule has 0 N–H and O–H groups in total. The standard InChI is InChI=1S/C16H26O3S/c1-5-16(3,4)14-8-10-15(11-9-14)19-12-7-13-20(17,18)6-2/h8-11H,5-7,12-13H2,1-4H3. The van der Waals surface area contributed by atoms with Crippen LogP contribution in [0, 0.1) is 0 Å². The second kappa shape index (κ2) is 7.11. The van der Waals surface area contributed by atoms with Crippen molar-refractivity contribution in [3.8, 4) is 5.75 Å². The Morgan fingerprint density at radius 3 is 2.20 bits per heavy atom. The summed E-state index contributed by atoms with van der Waals surface area (Å²) in [5.41, 5.74) is 1.47. The predicted molar refractivity (Wildman–Crippen MR) is 84.2 cm³/mol. The normalized spacial score (nSPS) is 12.4. The van der Waals surface area contributed by atoms with Crippen molar-refractivity contribution in [2.24, 2.45) is 0 Å². The molecule has 0 heterocycles. The van der Waals surface area contributed by atoms with E-state index in [0.717, 1.165) is 12.2 Å². The van der Waals surface area contributed by atoms with E-state index in [4.69, 9.17) is 4.74 Å². The lowest BCUT2D eigenvalue weighted by atomic mass is 9.82. The lowest BCUT2D eigenvalue weighted by Gasteiger charge is -2.23. The maximum atomic E-state index is 11.3. The highest BCUT2D eigenvalue weighted by Gasteiger charge is 2.17. The average Bonchev–Trinajstić information content (AvgIpc) is 2.44. The molecule has 1 aromatic rings. The summed E-state index contributed by atoms with van der Waals surface area (Å²) in [5.74, 6) is 1.20. The van der Waals surface area contributed by atoms with E-state index < -0.39 is 9.84 Å². The molecule has 0 atom stereocenters. The molecule has 0 radical (unpaired) electrons. The molecule has 0 aromatic heterocycles. The average molecular weight is 298 g/mol. The van der Waals surface area contributed by atoms with Gasteiger partial charge in [-0.05, 0) is 36.0 Å². The summed E-state index contributed by atoms with van der Waals surface area (Å²) in [6, 6.07) is 8.09. The first-order valence-corrected chi connectivity index (χ1v) is 9.06. The highest BCUT2D eigenvalue weighted by atomic mass is 32.2. The zero-order valence-corrected chi connectivity index (χ0v) is 13.8. The van der Waals surface area contributed by atoms with E-state index in [9.17, 15) is 8.42 Å². The first kappa shape index (κ1) is 17.0. The first-order chi connectivity index (χ1) is 9.30. The molecule has 1 aromatic carbocycles. The van der Waals surface area contributed by atoms with Gasteiger partial charge in [0.05, 0.1) is 12.4 Å². The third-order valence-corrected chi connectivity index (χ3v) is 5.62. The van der Waals surface area contributed by atoms with Crippen molar-refractivity contribution in [3.05, 3.63) is 29.8 Å². The van der Waals surface area contributed by atoms with Crippen molar-refractivity contribution in [1.29, 1.82) is 0 Å². The van der Waals surface area contributed by atoms with Gasteiger partial charge in [-0.25, -0.2) is 8.42 Å². The number of hydrogen-bond acceptors (Lipinski definition) is 3. The Hall–Kier alpha value is -1.03. The van der Waals surface area contributed by atoms with Crippen LogP contribution < -0.4 is 4.74 Å². The smallest absolute Gasteiger partial charge is 0.150 e. The van der Waals surface area contributed by atoms with Gasteiger partial charge in [0.1, 0.15) is 15.6 Å². The molecule has 0 saturated heterocycles. The molecule has 0 saturated carbocycles. The lowest BCUT2D eigenvalue weighted by molar-refractivity contribution is 0.317. The highest BCUT2D eigenvalue weighted by molar-refractivity contribution is 7.91. The molecule has 0 fully saturated rings. The van der Waals surface area contributed by atoms with Gasteiger partial charge >= 0.3 is 0 Å². The molecule has 0 aliphatic rings. The maximum absolute atomic E-state index is 11.3. The maximum Gasteiger partial charge on any atom is 0.150 e. The van der Waals surface area contributed by atoms with Crippen LogP contribution in [0.5, 0.6) is 5.75 Å². The Morgan fingerprint density at radius 2 is 1.70 bits per heavy atom.